The van der Waals surface area contributed by atoms with Crippen molar-refractivity contribution in [2.24, 2.45) is 0 Å². The van der Waals surface area contributed by atoms with Crippen LogP contribution in [-0.2, 0) is 4.28 Å². The van der Waals surface area contributed by atoms with Crippen LogP contribution in [0, 0.1) is 0 Å². The second-order valence-corrected chi connectivity index (χ2v) is 100. The van der Waals surface area contributed by atoms with Gasteiger partial charge in [0, 0.05) is 0 Å². The molecular weight excluding hydrogens is 924 g/mol. The molecule has 11 heteroatoms. The molecule has 0 unspecified atom stereocenters. The van der Waals surface area contributed by atoms with E-state index < -0.39 is 68.1 Å². The van der Waals surface area contributed by atoms with Crippen molar-refractivity contribution in [3.63, 3.8) is 0 Å². The zero-order valence-corrected chi connectivity index (χ0v) is 44.9. The molecule has 0 aliphatic carbocycles. The van der Waals surface area contributed by atoms with E-state index in [2.05, 4.69) is 188 Å². The molecule has 0 saturated heterocycles. The van der Waals surface area contributed by atoms with Crippen LogP contribution in [-0.4, -0.2) is 68.1 Å². The molecule has 0 bridgehead atoms. The van der Waals surface area contributed by atoms with E-state index in [0.29, 0.717) is 14.6 Å². The van der Waals surface area contributed by atoms with E-state index in [0.717, 1.165) is 0 Å². The van der Waals surface area contributed by atoms with Crippen LogP contribution in [0.5, 0.6) is 0 Å². The molecule has 1 rings (SSSR count). The molecule has 0 fully saturated rings. The van der Waals surface area contributed by atoms with Crippen molar-refractivity contribution in [2.45, 2.75) is 152 Å². The average Bonchev–Trinajstić information content (AvgIpc) is 2.50. The molecule has 0 spiro atoms. The van der Waals surface area contributed by atoms with Gasteiger partial charge in [-0.05, 0) is 0 Å². The van der Waals surface area contributed by atoms with E-state index in [-0.39, 0.29) is 0 Å². The summed E-state index contributed by atoms with van der Waals surface area (Å²) in [6, 6.07) is 5.79. The van der Waals surface area contributed by atoms with E-state index in [1.165, 1.54) is 0 Å². The third kappa shape index (κ3) is 8.91. The summed E-state index contributed by atoms with van der Waals surface area (Å²) in [5.41, 5.74) is 5.32. The van der Waals surface area contributed by atoms with Gasteiger partial charge in [-0.1, -0.05) is 0 Å². The average molecular weight is 992 g/mol. The second kappa shape index (κ2) is 12.8. The first-order chi connectivity index (χ1) is 17.4. The molecular formula is C30H67Br3Si7Te. The van der Waals surface area contributed by atoms with Gasteiger partial charge in [0.05, 0.1) is 0 Å². The maximum absolute atomic E-state index is 4.40. The van der Waals surface area contributed by atoms with E-state index in [4.69, 9.17) is 0 Å². The van der Waals surface area contributed by atoms with E-state index in [1.807, 2.05) is 0 Å². The Kier molecular flexibility index (Phi) is 13.1. The van der Waals surface area contributed by atoms with Crippen LogP contribution in [0.3, 0.4) is 0 Å². The zero-order valence-electron chi connectivity index (χ0n) is 30.9. The van der Waals surface area contributed by atoms with Crippen molar-refractivity contribution in [3.05, 3.63) is 28.8 Å². The van der Waals surface area contributed by atoms with Gasteiger partial charge in [0.15, 0.2) is 0 Å². The van der Waals surface area contributed by atoms with Crippen molar-refractivity contribution in [1.29, 1.82) is 0 Å². The summed E-state index contributed by atoms with van der Waals surface area (Å²) in [4.78, 5) is 0. The molecule has 1 aromatic rings. The molecule has 242 valence electrons. The van der Waals surface area contributed by atoms with Gasteiger partial charge in [0.2, 0.25) is 0 Å². The Morgan fingerprint density at radius 2 is 0.683 bits per heavy atom. The fraction of sp³-hybridized carbons (Fsp3) is 0.800. The third-order valence-corrected chi connectivity index (χ3v) is 58.1. The Labute approximate surface area is 287 Å². The van der Waals surface area contributed by atoms with Gasteiger partial charge in [-0.15, -0.1) is 0 Å². The molecule has 0 aliphatic heterocycles. The molecule has 41 heavy (non-hydrogen) atoms. The van der Waals surface area contributed by atoms with E-state index >= 15 is 0 Å². The third-order valence-electron chi connectivity index (χ3n) is 9.27. The predicted molar refractivity (Wildman–Crippen MR) is 229 cm³/mol. The minimum atomic E-state index is -2.88. The van der Waals surface area contributed by atoms with Crippen molar-refractivity contribution in [2.75, 3.05) is 0 Å². The van der Waals surface area contributed by atoms with Gasteiger partial charge in [-0.3, -0.25) is 0 Å². The Bertz CT molecular complexity index is 966. The number of hydrogen-bond donors (Lipinski definition) is 0. The summed E-state index contributed by atoms with van der Waals surface area (Å²) in [7, 11) is -11.2. The summed E-state index contributed by atoms with van der Waals surface area (Å²) in [5, 5.41) is 1.43. The monoisotopic (exact) mass is 990 g/mol. The summed E-state index contributed by atoms with van der Waals surface area (Å²) >= 11 is 10.3. The topological polar surface area (TPSA) is 0 Å². The van der Waals surface area contributed by atoms with E-state index in [9.17, 15) is 0 Å². The molecule has 0 saturated carbocycles. The predicted octanol–water partition coefficient (Wildman–Crippen LogP) is 12.6. The molecule has 0 N–H and O–H groups in total. The van der Waals surface area contributed by atoms with Gasteiger partial charge in [0.25, 0.3) is 0 Å². The molecule has 0 amide bonds. The van der Waals surface area contributed by atoms with Crippen molar-refractivity contribution < 1.29 is 0 Å². The van der Waals surface area contributed by atoms with Gasteiger partial charge >= 0.3 is 291 Å². The first-order valence-electron chi connectivity index (χ1n) is 15.6. The SMILES string of the molecule is C[Si](C)(C)C(c1cc(C([Si](C)(C)C)([Si](C)(C)C)[Si](C)(C)C)cc(C([Si](C)(C)C)[Si](C)(C)C)c1[Te](Br)(Br)Br)[Si](C)(C)C. The first kappa shape index (κ1) is 42.0. The second-order valence-electron chi connectivity index (χ2n) is 20.2. The van der Waals surface area contributed by atoms with Crippen LogP contribution in [0.4, 0.5) is 0 Å². The summed E-state index contributed by atoms with van der Waals surface area (Å²) in [5.74, 6) is 0. The summed E-state index contributed by atoms with van der Waals surface area (Å²) in [6.45, 7) is 56.5. The molecule has 0 nitrogen and oxygen atoms in total. The van der Waals surface area contributed by atoms with Crippen LogP contribution in [0.25, 0.3) is 0 Å². The molecule has 0 radical (unpaired) electrons. The summed E-state index contributed by atoms with van der Waals surface area (Å²) in [6.07, 6.45) is 0. The molecule has 0 heterocycles. The van der Waals surface area contributed by atoms with Gasteiger partial charge < -0.3 is 0 Å². The standard InChI is InChI=1S/C30H67Br3Si7Te/c1-34(2,3)28(35(4,5)6)25-22-24(30(38(13,14)15,39(16,17)18)40(19,20)21)23-26(27(25)41(31,32)33)29(36(7,8)9)37(10,11)12/h22-23,28-29H,1-21H3. The Hall–Kier alpha value is 2.97. The Morgan fingerprint density at radius 3 is 0.829 bits per heavy atom. The fourth-order valence-electron chi connectivity index (χ4n) is 10.7. The number of benzene rings is 1. The van der Waals surface area contributed by atoms with Gasteiger partial charge in [-0.25, -0.2) is 0 Å². The first-order valence-corrected chi connectivity index (χ1v) is 57.2. The minimum absolute atomic E-state index is 0.378. The summed E-state index contributed by atoms with van der Waals surface area (Å²) < 4.78 is 2.10. The maximum atomic E-state index is 4.40. The quantitative estimate of drug-likeness (QED) is 0.194. The van der Waals surface area contributed by atoms with E-state index in [1.54, 1.807) is 20.3 Å². The molecule has 0 aromatic heterocycles. The van der Waals surface area contributed by atoms with Crippen LogP contribution in [0.2, 0.25) is 137 Å². The molecule has 0 atom stereocenters. The van der Waals surface area contributed by atoms with Gasteiger partial charge in [-0.2, -0.15) is 0 Å². The van der Waals surface area contributed by atoms with Crippen LogP contribution >= 0.6 is 38.3 Å². The van der Waals surface area contributed by atoms with Crippen LogP contribution < -0.4 is 3.61 Å². The van der Waals surface area contributed by atoms with Crippen molar-refractivity contribution in [1.82, 2.24) is 0 Å². The molecule has 0 aliphatic rings. The Balaban J connectivity index is 4.99. The number of halogens is 3. The normalized spacial score (nSPS) is 16.1. The van der Waals surface area contributed by atoms with Crippen molar-refractivity contribution in [3.8, 4) is 0 Å². The van der Waals surface area contributed by atoms with Crippen LogP contribution in [0.15, 0.2) is 12.1 Å². The van der Waals surface area contributed by atoms with Crippen LogP contribution in [0.1, 0.15) is 27.0 Å². The number of rotatable bonds is 11. The van der Waals surface area contributed by atoms with Crippen molar-refractivity contribution >= 4 is 110 Å². The molecule has 1 aromatic carbocycles. The van der Waals surface area contributed by atoms with Gasteiger partial charge in [0.1, 0.15) is 0 Å². The number of hydrogen-bond acceptors (Lipinski definition) is 0. The Morgan fingerprint density at radius 1 is 0.463 bits per heavy atom. The zero-order chi connectivity index (χ0) is 33.4. The fourth-order valence-corrected chi connectivity index (χ4v) is 77.5.